The number of alkyl halides is 3. The molecule has 0 atom stereocenters. The Hall–Kier alpha value is -1.57. The Morgan fingerprint density at radius 2 is 1.96 bits per heavy atom. The highest BCUT2D eigenvalue weighted by Gasteiger charge is 2.37. The number of likely N-dealkylation sites (tertiary alicyclic amines) is 1. The third-order valence-electron chi connectivity index (χ3n) is 5.15. The quantitative estimate of drug-likeness (QED) is 0.885. The van der Waals surface area contributed by atoms with Crippen molar-refractivity contribution >= 4 is 5.91 Å². The number of hydrogen-bond acceptors (Lipinski definition) is 3. The van der Waals surface area contributed by atoms with Crippen LogP contribution in [-0.2, 0) is 11.0 Å². The molecule has 0 unspecified atom stereocenters. The fourth-order valence-corrected chi connectivity index (χ4v) is 3.69. The van der Waals surface area contributed by atoms with Crippen LogP contribution in [0.5, 0.6) is 0 Å². The van der Waals surface area contributed by atoms with Gasteiger partial charge in [-0.15, -0.1) is 0 Å². The van der Waals surface area contributed by atoms with E-state index in [1.807, 2.05) is 0 Å². The van der Waals surface area contributed by atoms with Crippen LogP contribution in [0, 0.1) is 0 Å². The van der Waals surface area contributed by atoms with E-state index in [0.717, 1.165) is 19.0 Å². The second-order valence-electron chi connectivity index (χ2n) is 6.94. The summed E-state index contributed by atoms with van der Waals surface area (Å²) < 4.78 is 37.9. The van der Waals surface area contributed by atoms with E-state index in [9.17, 15) is 23.1 Å². The van der Waals surface area contributed by atoms with Gasteiger partial charge in [-0.05, 0) is 25.7 Å². The van der Waals surface area contributed by atoms with Crippen molar-refractivity contribution < 1.29 is 23.1 Å². The number of aromatic amines is 1. The third kappa shape index (κ3) is 3.74. The third-order valence-corrected chi connectivity index (χ3v) is 5.15. The summed E-state index contributed by atoms with van der Waals surface area (Å²) >= 11 is 0. The molecular formula is C16H22F3N3O2. The number of H-pyrrole nitrogens is 1. The van der Waals surface area contributed by atoms with Crippen molar-refractivity contribution in [3.8, 4) is 0 Å². The van der Waals surface area contributed by atoms with Gasteiger partial charge in [-0.25, -0.2) is 4.98 Å². The smallest absolute Gasteiger partial charge is 0.389 e. The van der Waals surface area contributed by atoms with E-state index in [0.29, 0.717) is 44.6 Å². The van der Waals surface area contributed by atoms with Crippen molar-refractivity contribution in [2.75, 3.05) is 13.1 Å². The number of carbonyl (C=O) groups is 1. The van der Waals surface area contributed by atoms with Crippen LogP contribution < -0.4 is 0 Å². The van der Waals surface area contributed by atoms with E-state index in [1.165, 1.54) is 0 Å². The van der Waals surface area contributed by atoms with Crippen LogP contribution in [0.1, 0.15) is 62.4 Å². The zero-order valence-electron chi connectivity index (χ0n) is 13.4. The lowest BCUT2D eigenvalue weighted by Gasteiger charge is -2.33. The molecular weight excluding hydrogens is 323 g/mol. The highest BCUT2D eigenvalue weighted by molar-refractivity contribution is 5.77. The molecule has 0 radical (unpaired) electrons. The summed E-state index contributed by atoms with van der Waals surface area (Å²) in [5, 5.41) is 10.3. The highest BCUT2D eigenvalue weighted by Crippen LogP contribution is 2.34. The summed E-state index contributed by atoms with van der Waals surface area (Å²) in [6.07, 6.45) is 0.948. The molecule has 1 saturated heterocycles. The molecule has 1 amide bonds. The van der Waals surface area contributed by atoms with E-state index in [4.69, 9.17) is 0 Å². The maximum atomic E-state index is 12.6. The predicted molar refractivity (Wildman–Crippen MR) is 80.2 cm³/mol. The molecule has 2 fully saturated rings. The molecule has 134 valence electrons. The Kier molecular flexibility index (Phi) is 4.59. The number of rotatable bonds is 3. The molecule has 0 spiro atoms. The topological polar surface area (TPSA) is 69.2 Å². The van der Waals surface area contributed by atoms with Gasteiger partial charge in [0.25, 0.3) is 0 Å². The monoisotopic (exact) mass is 345 g/mol. The molecule has 1 aliphatic heterocycles. The summed E-state index contributed by atoms with van der Waals surface area (Å²) in [5.74, 6) is 0.178. The number of imidazole rings is 1. The van der Waals surface area contributed by atoms with Crippen LogP contribution in [0.2, 0.25) is 0 Å². The Bertz CT molecular complexity index is 586. The minimum absolute atomic E-state index is 0.0618. The van der Waals surface area contributed by atoms with E-state index in [2.05, 4.69) is 9.97 Å². The fourth-order valence-electron chi connectivity index (χ4n) is 3.69. The first-order valence-electron chi connectivity index (χ1n) is 8.39. The average molecular weight is 345 g/mol. The number of piperidine rings is 1. The van der Waals surface area contributed by atoms with Crippen LogP contribution in [0.4, 0.5) is 13.2 Å². The van der Waals surface area contributed by atoms with Crippen molar-refractivity contribution in [1.29, 1.82) is 0 Å². The first kappa shape index (κ1) is 17.3. The van der Waals surface area contributed by atoms with Crippen molar-refractivity contribution in [2.45, 2.75) is 62.6 Å². The van der Waals surface area contributed by atoms with Gasteiger partial charge in [-0.1, -0.05) is 12.8 Å². The summed E-state index contributed by atoms with van der Waals surface area (Å²) in [7, 11) is 0. The van der Waals surface area contributed by atoms with Crippen molar-refractivity contribution in [1.82, 2.24) is 14.9 Å². The highest BCUT2D eigenvalue weighted by atomic mass is 19.4. The summed E-state index contributed by atoms with van der Waals surface area (Å²) in [6, 6.07) is 0. The maximum Gasteiger partial charge on any atom is 0.432 e. The Balaban J connectivity index is 1.54. The number of aliphatic hydroxyl groups is 1. The Labute approximate surface area is 138 Å². The zero-order valence-corrected chi connectivity index (χ0v) is 13.4. The van der Waals surface area contributed by atoms with Gasteiger partial charge in [0.2, 0.25) is 5.91 Å². The molecule has 0 aromatic carbocycles. The second kappa shape index (κ2) is 6.38. The number of amides is 1. The van der Waals surface area contributed by atoms with Crippen LogP contribution in [0.25, 0.3) is 0 Å². The number of aromatic nitrogens is 2. The normalized spacial score (nSPS) is 22.1. The van der Waals surface area contributed by atoms with Crippen molar-refractivity contribution in [3.63, 3.8) is 0 Å². The van der Waals surface area contributed by atoms with Gasteiger partial charge in [0.1, 0.15) is 11.5 Å². The lowest BCUT2D eigenvalue weighted by atomic mass is 9.93. The molecule has 1 aromatic heterocycles. The van der Waals surface area contributed by atoms with E-state index >= 15 is 0 Å². The minimum Gasteiger partial charge on any atom is -0.389 e. The molecule has 2 aliphatic rings. The Morgan fingerprint density at radius 1 is 1.33 bits per heavy atom. The summed E-state index contributed by atoms with van der Waals surface area (Å²) in [5.41, 5.74) is -1.70. The van der Waals surface area contributed by atoms with Gasteiger partial charge in [-0.3, -0.25) is 4.79 Å². The molecule has 24 heavy (non-hydrogen) atoms. The first-order valence-corrected chi connectivity index (χ1v) is 8.39. The molecule has 5 nitrogen and oxygen atoms in total. The molecule has 2 N–H and O–H groups in total. The molecule has 1 aromatic rings. The van der Waals surface area contributed by atoms with Gasteiger partial charge in [0, 0.05) is 19.0 Å². The van der Waals surface area contributed by atoms with Crippen LogP contribution in [0.15, 0.2) is 6.20 Å². The molecule has 3 rings (SSSR count). The predicted octanol–water partition coefficient (Wildman–Crippen LogP) is 2.83. The van der Waals surface area contributed by atoms with Crippen LogP contribution in [0.3, 0.4) is 0 Å². The lowest BCUT2D eigenvalue weighted by Crippen LogP contribution is -2.42. The van der Waals surface area contributed by atoms with E-state index < -0.39 is 17.5 Å². The zero-order chi connectivity index (χ0) is 17.4. The average Bonchev–Trinajstić information content (AvgIpc) is 3.16. The number of carbonyl (C=O) groups excluding carboxylic acids is 1. The van der Waals surface area contributed by atoms with E-state index in [-0.39, 0.29) is 18.2 Å². The number of nitrogens with one attached hydrogen (secondary N) is 1. The summed E-state index contributed by atoms with van der Waals surface area (Å²) in [4.78, 5) is 20.2. The van der Waals surface area contributed by atoms with Gasteiger partial charge in [0.05, 0.1) is 18.2 Å². The number of halogens is 3. The van der Waals surface area contributed by atoms with Crippen LogP contribution >= 0.6 is 0 Å². The molecule has 1 saturated carbocycles. The largest absolute Gasteiger partial charge is 0.432 e. The lowest BCUT2D eigenvalue weighted by molar-refractivity contribution is -0.141. The van der Waals surface area contributed by atoms with Gasteiger partial charge < -0.3 is 15.0 Å². The second-order valence-corrected chi connectivity index (χ2v) is 6.94. The van der Waals surface area contributed by atoms with E-state index in [1.54, 1.807) is 4.90 Å². The Morgan fingerprint density at radius 3 is 2.50 bits per heavy atom. The fraction of sp³-hybridized carbons (Fsp3) is 0.750. The van der Waals surface area contributed by atoms with Crippen molar-refractivity contribution in [2.24, 2.45) is 0 Å². The van der Waals surface area contributed by atoms with Gasteiger partial charge >= 0.3 is 6.18 Å². The summed E-state index contributed by atoms with van der Waals surface area (Å²) in [6.45, 7) is 0.975. The molecule has 1 aliphatic carbocycles. The van der Waals surface area contributed by atoms with Crippen LogP contribution in [-0.4, -0.2) is 44.6 Å². The molecule has 8 heteroatoms. The SMILES string of the molecule is O=C(CC1(O)CCCC1)N1CCC(c2ncc(C(F)(F)F)[nH]2)CC1. The van der Waals surface area contributed by atoms with Gasteiger partial charge in [-0.2, -0.15) is 13.2 Å². The minimum atomic E-state index is -4.42. The number of nitrogens with zero attached hydrogens (tertiary/aromatic N) is 2. The standard InChI is InChI=1S/C16H22F3N3O2/c17-16(18,19)12-10-20-14(21-12)11-3-7-22(8-4-11)13(23)9-15(24)5-1-2-6-15/h10-11,24H,1-9H2,(H,20,21). The molecule has 2 heterocycles. The van der Waals surface area contributed by atoms with Gasteiger partial charge in [0.15, 0.2) is 0 Å². The first-order chi connectivity index (χ1) is 11.3. The number of hydrogen-bond donors (Lipinski definition) is 2. The van der Waals surface area contributed by atoms with Crippen molar-refractivity contribution in [3.05, 3.63) is 17.7 Å². The molecule has 0 bridgehead atoms. The maximum absolute atomic E-state index is 12.6.